The second-order valence-corrected chi connectivity index (χ2v) is 7.52. The van der Waals surface area contributed by atoms with E-state index in [4.69, 9.17) is 0 Å². The van der Waals surface area contributed by atoms with Gasteiger partial charge < -0.3 is 10.2 Å². The van der Waals surface area contributed by atoms with Crippen LogP contribution in [0.15, 0.2) is 60.7 Å². The molecule has 162 valence electrons. The van der Waals surface area contributed by atoms with E-state index in [-0.39, 0.29) is 5.91 Å². The van der Waals surface area contributed by atoms with Crippen molar-refractivity contribution in [3.05, 3.63) is 71.9 Å². The molecule has 1 aliphatic heterocycles. The Morgan fingerprint density at radius 1 is 0.968 bits per heavy atom. The smallest absolute Gasteiger partial charge is 0.369 e. The fraction of sp³-hybridized carbons (Fsp3) is 0.304. The zero-order chi connectivity index (χ0) is 21.8. The topological polar surface area (TPSA) is 48.5 Å². The van der Waals surface area contributed by atoms with Crippen molar-refractivity contribution >= 4 is 22.5 Å². The number of amides is 1. The summed E-state index contributed by atoms with van der Waals surface area (Å²) in [7, 11) is 0. The first-order chi connectivity index (χ1) is 14.9. The van der Waals surface area contributed by atoms with Crippen molar-refractivity contribution in [3.8, 4) is 0 Å². The first kappa shape index (κ1) is 21.1. The summed E-state index contributed by atoms with van der Waals surface area (Å²) in [5, 5.41) is 3.88. The van der Waals surface area contributed by atoms with Crippen LogP contribution >= 0.6 is 0 Å². The number of hydrogen-bond acceptors (Lipinski definition) is 4. The molecule has 0 unspecified atom stereocenters. The molecule has 8 heteroatoms. The lowest BCUT2D eigenvalue weighted by molar-refractivity contribution is -0.137. The number of hydrogen-bond donors (Lipinski definition) is 1. The van der Waals surface area contributed by atoms with E-state index in [9.17, 15) is 18.0 Å². The van der Waals surface area contributed by atoms with Crippen LogP contribution in [0.1, 0.15) is 16.1 Å². The van der Waals surface area contributed by atoms with Crippen LogP contribution in [-0.4, -0.2) is 55.1 Å². The van der Waals surface area contributed by atoms with E-state index in [1.54, 1.807) is 12.1 Å². The van der Waals surface area contributed by atoms with Gasteiger partial charge in [-0.3, -0.25) is 9.69 Å². The van der Waals surface area contributed by atoms with Gasteiger partial charge in [-0.25, -0.2) is 4.98 Å². The van der Waals surface area contributed by atoms with Crippen molar-refractivity contribution in [2.24, 2.45) is 0 Å². The average molecular weight is 428 g/mol. The van der Waals surface area contributed by atoms with E-state index in [1.807, 2.05) is 35.2 Å². The fourth-order valence-electron chi connectivity index (χ4n) is 3.72. The molecule has 31 heavy (non-hydrogen) atoms. The van der Waals surface area contributed by atoms with Gasteiger partial charge >= 0.3 is 6.18 Å². The summed E-state index contributed by atoms with van der Waals surface area (Å²) >= 11 is 0. The minimum absolute atomic E-state index is 0.214. The molecule has 0 bridgehead atoms. The molecule has 1 saturated heterocycles. The van der Waals surface area contributed by atoms with Crippen LogP contribution in [0.5, 0.6) is 0 Å². The third kappa shape index (κ3) is 5.14. The largest absolute Gasteiger partial charge is 0.416 e. The summed E-state index contributed by atoms with van der Waals surface area (Å²) in [6.45, 7) is 3.89. The molecule has 1 aliphatic rings. The van der Waals surface area contributed by atoms with Gasteiger partial charge in [0.25, 0.3) is 5.91 Å². The maximum Gasteiger partial charge on any atom is 0.416 e. The van der Waals surface area contributed by atoms with Crippen LogP contribution in [0.2, 0.25) is 0 Å². The van der Waals surface area contributed by atoms with Crippen molar-refractivity contribution < 1.29 is 18.0 Å². The minimum atomic E-state index is -4.34. The van der Waals surface area contributed by atoms with E-state index >= 15 is 0 Å². The zero-order valence-corrected chi connectivity index (χ0v) is 16.9. The molecule has 3 aromatic rings. The van der Waals surface area contributed by atoms with Crippen LogP contribution in [0.25, 0.3) is 10.9 Å². The van der Waals surface area contributed by atoms with Gasteiger partial charge in [0.05, 0.1) is 11.1 Å². The molecule has 1 fully saturated rings. The maximum absolute atomic E-state index is 12.9. The van der Waals surface area contributed by atoms with Gasteiger partial charge in [-0.2, -0.15) is 13.2 Å². The van der Waals surface area contributed by atoms with Crippen LogP contribution in [-0.2, 0) is 6.18 Å². The average Bonchev–Trinajstić information content (AvgIpc) is 2.78. The Morgan fingerprint density at radius 2 is 1.74 bits per heavy atom. The number of nitrogens with zero attached hydrogens (tertiary/aromatic N) is 3. The lowest BCUT2D eigenvalue weighted by Crippen LogP contribution is -2.48. The second kappa shape index (κ2) is 8.93. The first-order valence-corrected chi connectivity index (χ1v) is 10.2. The molecule has 5 nitrogen and oxygen atoms in total. The molecule has 0 aliphatic carbocycles. The number of nitrogens with one attached hydrogen (secondary N) is 1. The lowest BCUT2D eigenvalue weighted by Gasteiger charge is -2.36. The zero-order valence-electron chi connectivity index (χ0n) is 16.9. The molecule has 1 N–H and O–H groups in total. The lowest BCUT2D eigenvalue weighted by atomic mass is 10.1. The number of piperazine rings is 1. The monoisotopic (exact) mass is 428 g/mol. The molecule has 4 rings (SSSR count). The standard InChI is InChI=1S/C23H23F3N4O/c24-23(25,26)18-5-3-6-19(16-18)30-14-12-29(13-15-30)11-10-27-22(31)21-9-8-17-4-1-2-7-20(17)28-21/h1-9,16H,10-15H2,(H,27,31). The number of carbonyl (C=O) groups is 1. The molecule has 0 radical (unpaired) electrons. The van der Waals surface area contributed by atoms with Gasteiger partial charge in [-0.15, -0.1) is 0 Å². The fourth-order valence-corrected chi connectivity index (χ4v) is 3.72. The quantitative estimate of drug-likeness (QED) is 0.672. The number of anilines is 1. The van der Waals surface area contributed by atoms with Crippen molar-refractivity contribution in [1.82, 2.24) is 15.2 Å². The Labute approximate surface area is 178 Å². The summed E-state index contributed by atoms with van der Waals surface area (Å²) in [5.41, 5.74) is 1.12. The molecule has 1 amide bonds. The number of aromatic nitrogens is 1. The van der Waals surface area contributed by atoms with E-state index in [1.165, 1.54) is 12.1 Å². The Bertz CT molecular complexity index is 1060. The van der Waals surface area contributed by atoms with E-state index in [0.717, 1.165) is 30.1 Å². The molecular formula is C23H23F3N4O. The molecule has 0 saturated carbocycles. The number of halogens is 3. The van der Waals surface area contributed by atoms with Gasteiger partial charge in [0.2, 0.25) is 0 Å². The molecule has 1 aromatic heterocycles. The third-order valence-electron chi connectivity index (χ3n) is 5.46. The molecule has 2 aromatic carbocycles. The van der Waals surface area contributed by atoms with Crippen molar-refractivity contribution in [3.63, 3.8) is 0 Å². The van der Waals surface area contributed by atoms with Gasteiger partial charge in [-0.05, 0) is 30.3 Å². The van der Waals surface area contributed by atoms with Gasteiger partial charge in [0.15, 0.2) is 0 Å². The number of benzene rings is 2. The SMILES string of the molecule is O=C(NCCN1CCN(c2cccc(C(F)(F)F)c2)CC1)c1ccc2ccccc2n1. The van der Waals surface area contributed by atoms with Crippen LogP contribution < -0.4 is 10.2 Å². The second-order valence-electron chi connectivity index (χ2n) is 7.52. The van der Waals surface area contributed by atoms with Crippen LogP contribution in [0.4, 0.5) is 18.9 Å². The highest BCUT2D eigenvalue weighted by Gasteiger charge is 2.31. The molecule has 0 atom stereocenters. The predicted molar refractivity (Wildman–Crippen MR) is 114 cm³/mol. The number of alkyl halides is 3. The summed E-state index contributed by atoms with van der Waals surface area (Å²) < 4.78 is 38.8. The molecule has 2 heterocycles. The maximum atomic E-state index is 12.9. The Kier molecular flexibility index (Phi) is 6.08. The van der Waals surface area contributed by atoms with E-state index in [0.29, 0.717) is 37.6 Å². The summed E-state index contributed by atoms with van der Waals surface area (Å²) in [5.74, 6) is -0.214. The van der Waals surface area contributed by atoms with Crippen LogP contribution in [0.3, 0.4) is 0 Å². The number of para-hydroxylation sites is 1. The minimum Gasteiger partial charge on any atom is -0.369 e. The van der Waals surface area contributed by atoms with Gasteiger partial charge in [-0.1, -0.05) is 30.3 Å². The summed E-state index contributed by atoms with van der Waals surface area (Å²) in [6.07, 6.45) is -4.34. The van der Waals surface area contributed by atoms with Gasteiger partial charge in [0.1, 0.15) is 5.69 Å². The Hall–Kier alpha value is -3.13. The van der Waals surface area contributed by atoms with Crippen LogP contribution in [0, 0.1) is 0 Å². The molecular weight excluding hydrogens is 405 g/mol. The van der Waals surface area contributed by atoms with Crippen molar-refractivity contribution in [2.75, 3.05) is 44.2 Å². The number of pyridine rings is 1. The normalized spacial score (nSPS) is 15.3. The van der Waals surface area contributed by atoms with E-state index < -0.39 is 11.7 Å². The summed E-state index contributed by atoms with van der Waals surface area (Å²) in [4.78, 5) is 20.9. The first-order valence-electron chi connectivity index (χ1n) is 10.2. The Morgan fingerprint density at radius 3 is 2.52 bits per heavy atom. The highest BCUT2D eigenvalue weighted by Crippen LogP contribution is 2.31. The highest BCUT2D eigenvalue weighted by molar-refractivity contribution is 5.94. The van der Waals surface area contributed by atoms with Crippen molar-refractivity contribution in [1.29, 1.82) is 0 Å². The highest BCUT2D eigenvalue weighted by atomic mass is 19.4. The Balaban J connectivity index is 1.25. The number of carbonyl (C=O) groups excluding carboxylic acids is 1. The third-order valence-corrected chi connectivity index (χ3v) is 5.46. The number of fused-ring (bicyclic) bond motifs is 1. The van der Waals surface area contributed by atoms with Crippen molar-refractivity contribution in [2.45, 2.75) is 6.18 Å². The predicted octanol–water partition coefficient (Wildman–Crippen LogP) is 3.81. The summed E-state index contributed by atoms with van der Waals surface area (Å²) in [6, 6.07) is 16.7. The molecule has 0 spiro atoms. The van der Waals surface area contributed by atoms with E-state index in [2.05, 4.69) is 15.2 Å². The number of rotatable bonds is 5. The van der Waals surface area contributed by atoms with Gasteiger partial charge in [0, 0.05) is 50.3 Å².